The second-order valence-electron chi connectivity index (χ2n) is 8.13. The van der Waals surface area contributed by atoms with Gasteiger partial charge in [0.05, 0.1) is 17.7 Å². The van der Waals surface area contributed by atoms with E-state index in [1.165, 1.54) is 28.8 Å². The minimum Gasteiger partial charge on any atom is -0.492 e. The number of aliphatic carboxylic acids is 1. The Morgan fingerprint density at radius 1 is 1.11 bits per heavy atom. The van der Waals surface area contributed by atoms with Gasteiger partial charge in [-0.15, -0.1) is 0 Å². The Morgan fingerprint density at radius 3 is 2.53 bits per heavy atom. The number of rotatable bonds is 13. The molecule has 14 heteroatoms. The Hall–Kier alpha value is -4.43. The quantitative estimate of drug-likeness (QED) is 0.106. The number of aliphatic imine (C=N–C) groups is 1. The maximum absolute atomic E-state index is 12.7. The van der Waals surface area contributed by atoms with Crippen LogP contribution in [0, 0.1) is 0 Å². The van der Waals surface area contributed by atoms with Crippen molar-refractivity contribution >= 4 is 33.2 Å². The van der Waals surface area contributed by atoms with E-state index in [1.54, 1.807) is 30.3 Å². The van der Waals surface area contributed by atoms with Crippen LogP contribution in [0.5, 0.6) is 5.75 Å². The molecule has 0 saturated heterocycles. The van der Waals surface area contributed by atoms with Gasteiger partial charge >= 0.3 is 5.97 Å². The molecule has 0 spiro atoms. The van der Waals surface area contributed by atoms with Crippen molar-refractivity contribution < 1.29 is 27.9 Å². The average molecular weight is 545 g/mol. The predicted octanol–water partition coefficient (Wildman–Crippen LogP) is -0.454. The van der Waals surface area contributed by atoms with E-state index < -0.39 is 45.7 Å². The van der Waals surface area contributed by atoms with Crippen LogP contribution < -0.4 is 32.4 Å². The molecule has 0 radical (unpaired) electrons. The first-order chi connectivity index (χ1) is 18.1. The topological polar surface area (TPSA) is 208 Å². The number of fused-ring (bicyclic) bond motifs is 1. The molecule has 2 heterocycles. The normalized spacial score (nSPS) is 12.0. The van der Waals surface area contributed by atoms with Crippen molar-refractivity contribution in [1.29, 1.82) is 0 Å². The van der Waals surface area contributed by atoms with E-state index in [0.29, 0.717) is 30.8 Å². The number of hydrogen-bond acceptors (Lipinski definition) is 8. The molecule has 0 saturated carbocycles. The summed E-state index contributed by atoms with van der Waals surface area (Å²) in [5.41, 5.74) is 10.5. The maximum atomic E-state index is 12.7. The van der Waals surface area contributed by atoms with Gasteiger partial charge in [0.1, 0.15) is 17.7 Å². The number of carbonyl (C=O) groups excluding carboxylic acids is 1. The summed E-state index contributed by atoms with van der Waals surface area (Å²) < 4.78 is 31.7. The number of nitrogens with zero attached hydrogens (tertiary/aromatic N) is 2. The lowest BCUT2D eigenvalue weighted by molar-refractivity contribution is -0.139. The highest BCUT2D eigenvalue weighted by molar-refractivity contribution is 7.91. The largest absolute Gasteiger partial charge is 0.492 e. The zero-order valence-corrected chi connectivity index (χ0v) is 21.1. The van der Waals surface area contributed by atoms with Crippen LogP contribution in [0.2, 0.25) is 0 Å². The first-order valence-electron chi connectivity index (χ1n) is 11.4. The molecule has 1 atom stereocenters. The van der Waals surface area contributed by atoms with Gasteiger partial charge in [-0.2, -0.15) is 0 Å². The fourth-order valence-electron chi connectivity index (χ4n) is 3.35. The number of aromatic nitrogens is 1. The Bertz CT molecular complexity index is 1490. The van der Waals surface area contributed by atoms with Crippen molar-refractivity contribution in [2.45, 2.75) is 17.4 Å². The minimum atomic E-state index is -3.78. The maximum Gasteiger partial charge on any atom is 0.322 e. The number of carboxylic acids is 1. The second kappa shape index (κ2) is 12.7. The lowest BCUT2D eigenvalue weighted by atomic mass is 10.2. The number of sulfone groups is 1. The van der Waals surface area contributed by atoms with Crippen LogP contribution in [0.4, 0.5) is 0 Å². The molecule has 0 aliphatic carbocycles. The Balaban J connectivity index is 1.62. The zero-order valence-electron chi connectivity index (χ0n) is 20.2. The van der Waals surface area contributed by atoms with Gasteiger partial charge in [0.25, 0.3) is 11.5 Å². The molecule has 13 nitrogen and oxygen atoms in total. The fourth-order valence-corrected chi connectivity index (χ4v) is 4.51. The number of amides is 1. The van der Waals surface area contributed by atoms with E-state index in [4.69, 9.17) is 16.2 Å². The number of carbonyl (C=O) groups is 2. The molecule has 1 aromatic carbocycles. The molecule has 0 aliphatic rings. The van der Waals surface area contributed by atoms with Gasteiger partial charge in [0.15, 0.2) is 15.8 Å². The van der Waals surface area contributed by atoms with Crippen molar-refractivity contribution in [3.05, 3.63) is 76.7 Å². The average Bonchev–Trinajstić information content (AvgIpc) is 2.88. The molecule has 1 amide bonds. The highest BCUT2D eigenvalue weighted by atomic mass is 32.2. The van der Waals surface area contributed by atoms with Crippen molar-refractivity contribution in [2.75, 3.05) is 25.6 Å². The third-order valence-corrected chi connectivity index (χ3v) is 6.82. The molecule has 0 bridgehead atoms. The van der Waals surface area contributed by atoms with Crippen LogP contribution in [-0.4, -0.2) is 67.4 Å². The van der Waals surface area contributed by atoms with Crippen LogP contribution in [0.15, 0.2) is 75.5 Å². The summed E-state index contributed by atoms with van der Waals surface area (Å²) in [7, 11) is -3.78. The van der Waals surface area contributed by atoms with E-state index in [2.05, 4.69) is 15.6 Å². The zero-order chi connectivity index (χ0) is 27.7. The Labute approximate surface area is 218 Å². The predicted molar refractivity (Wildman–Crippen MR) is 140 cm³/mol. The number of ether oxygens (including phenoxy) is 1. The summed E-state index contributed by atoms with van der Waals surface area (Å²) in [5, 5.41) is 14.3. The second-order valence-corrected chi connectivity index (χ2v) is 10.1. The van der Waals surface area contributed by atoms with Crippen molar-refractivity contribution in [3.63, 3.8) is 0 Å². The van der Waals surface area contributed by atoms with Crippen molar-refractivity contribution in [1.82, 2.24) is 15.0 Å². The van der Waals surface area contributed by atoms with Crippen LogP contribution >= 0.6 is 0 Å². The Kier molecular flexibility index (Phi) is 9.40. The third kappa shape index (κ3) is 7.78. The van der Waals surface area contributed by atoms with E-state index in [-0.39, 0.29) is 16.4 Å². The van der Waals surface area contributed by atoms with E-state index in [1.807, 2.05) is 0 Å². The van der Waals surface area contributed by atoms with Crippen molar-refractivity contribution in [3.8, 4) is 5.75 Å². The van der Waals surface area contributed by atoms with Gasteiger partial charge in [-0.25, -0.2) is 8.42 Å². The van der Waals surface area contributed by atoms with E-state index in [0.717, 1.165) is 6.07 Å². The first-order valence-corrected chi connectivity index (χ1v) is 13.1. The van der Waals surface area contributed by atoms with E-state index in [9.17, 15) is 27.9 Å². The summed E-state index contributed by atoms with van der Waals surface area (Å²) in [6.45, 7) is 0.308. The lowest BCUT2D eigenvalue weighted by Gasteiger charge is -2.16. The van der Waals surface area contributed by atoms with Gasteiger partial charge < -0.3 is 26.6 Å². The number of hydrogen-bond donors (Lipinski definition) is 5. The van der Waals surface area contributed by atoms with Crippen molar-refractivity contribution in [2.24, 2.45) is 16.5 Å². The molecule has 3 aromatic rings. The number of guanidine groups is 1. The molecule has 38 heavy (non-hydrogen) atoms. The highest BCUT2D eigenvalue weighted by Gasteiger charge is 2.22. The van der Waals surface area contributed by atoms with Gasteiger partial charge in [-0.05, 0) is 30.3 Å². The summed E-state index contributed by atoms with van der Waals surface area (Å²) in [6.07, 6.45) is 2.05. The van der Waals surface area contributed by atoms with Crippen LogP contribution in [-0.2, 0) is 14.6 Å². The number of nitrogens with two attached hydrogens (primary N) is 2. The summed E-state index contributed by atoms with van der Waals surface area (Å²) in [5.74, 6) is -2.25. The molecule has 7 N–H and O–H groups in total. The SMILES string of the molecule is NC(N)=NCCCOc1ccc2cc(C(=O)NCC(NCS(=O)(=O)c3ccccc3)C(=O)O)cc(=O)n2c1. The van der Waals surface area contributed by atoms with Crippen LogP contribution in [0.1, 0.15) is 16.8 Å². The lowest BCUT2D eigenvalue weighted by Crippen LogP contribution is -2.47. The molecule has 2 aromatic heterocycles. The monoisotopic (exact) mass is 544 g/mol. The van der Waals surface area contributed by atoms with Gasteiger partial charge in [-0.1, -0.05) is 18.2 Å². The van der Waals surface area contributed by atoms with Gasteiger partial charge in [-0.3, -0.25) is 29.1 Å². The third-order valence-electron chi connectivity index (χ3n) is 5.29. The smallest absolute Gasteiger partial charge is 0.322 e. The fraction of sp³-hybridized carbons (Fsp3) is 0.250. The van der Waals surface area contributed by atoms with Crippen LogP contribution in [0.3, 0.4) is 0 Å². The molecule has 3 rings (SSSR count). The molecule has 0 fully saturated rings. The van der Waals surface area contributed by atoms with E-state index >= 15 is 0 Å². The summed E-state index contributed by atoms with van der Waals surface area (Å²) in [4.78, 5) is 40.8. The molecule has 1 unspecified atom stereocenters. The molecular formula is C24H28N6O7S. The minimum absolute atomic E-state index is 0.00662. The standard InChI is InChI=1S/C24H28N6O7S/c25-24(26)27-9-4-10-37-18-8-7-17-11-16(12-21(31)30(17)14-18)22(32)28-13-20(23(33)34)29-15-38(35,36)19-5-2-1-3-6-19/h1-3,5-8,11-12,14,20,29H,4,9-10,13,15H2,(H,28,32)(H,33,34)(H4,25,26,27). The highest BCUT2D eigenvalue weighted by Crippen LogP contribution is 2.14. The first kappa shape index (κ1) is 28.1. The molecular weight excluding hydrogens is 516 g/mol. The number of nitrogens with one attached hydrogen (secondary N) is 2. The summed E-state index contributed by atoms with van der Waals surface area (Å²) in [6, 6.07) is 12.0. The summed E-state index contributed by atoms with van der Waals surface area (Å²) >= 11 is 0. The molecule has 202 valence electrons. The number of benzene rings is 1. The van der Waals surface area contributed by atoms with Gasteiger partial charge in [0, 0.05) is 36.7 Å². The van der Waals surface area contributed by atoms with Crippen LogP contribution in [0.25, 0.3) is 5.52 Å². The number of pyridine rings is 2. The molecule has 0 aliphatic heterocycles. The Morgan fingerprint density at radius 2 is 1.84 bits per heavy atom. The van der Waals surface area contributed by atoms with Gasteiger partial charge in [0.2, 0.25) is 0 Å². The number of carboxylic acid groups (broad SMARTS) is 1.